The molecular weight excluding hydrogens is 210 g/mol. The summed E-state index contributed by atoms with van der Waals surface area (Å²) < 4.78 is 16.7. The minimum absolute atomic E-state index is 0.613. The van der Waals surface area contributed by atoms with Crippen LogP contribution in [0.1, 0.15) is 12.8 Å². The van der Waals surface area contributed by atoms with E-state index in [0.717, 1.165) is 24.3 Å². The van der Waals surface area contributed by atoms with E-state index in [9.17, 15) is 4.21 Å². The Morgan fingerprint density at radius 3 is 2.73 bits per heavy atom. The maximum atomic E-state index is 11.8. The van der Waals surface area contributed by atoms with Crippen LogP contribution in [0.25, 0.3) is 0 Å². The highest BCUT2D eigenvalue weighted by Gasteiger charge is 2.06. The SMILES string of the molecule is COCCCCS(=O)c1ccccc1N. The van der Waals surface area contributed by atoms with Crippen LogP contribution < -0.4 is 5.73 Å². The van der Waals surface area contributed by atoms with Gasteiger partial charge in [-0.05, 0) is 25.0 Å². The number of unbranched alkanes of at least 4 members (excludes halogenated alkanes) is 1. The Bertz CT molecular complexity index is 328. The lowest BCUT2D eigenvalue weighted by Crippen LogP contribution is -2.03. The molecule has 0 radical (unpaired) electrons. The van der Waals surface area contributed by atoms with Gasteiger partial charge in [-0.3, -0.25) is 4.21 Å². The molecule has 1 aromatic rings. The average molecular weight is 227 g/mol. The molecule has 4 heteroatoms. The molecule has 1 atom stereocenters. The normalized spacial score (nSPS) is 12.6. The first-order valence-corrected chi connectivity index (χ1v) is 6.29. The smallest absolute Gasteiger partial charge is 0.0617 e. The van der Waals surface area contributed by atoms with Crippen LogP contribution in [0, 0.1) is 0 Å². The molecule has 0 saturated heterocycles. The monoisotopic (exact) mass is 227 g/mol. The number of nitrogens with two attached hydrogens (primary N) is 1. The zero-order valence-corrected chi connectivity index (χ0v) is 9.76. The van der Waals surface area contributed by atoms with E-state index in [-0.39, 0.29) is 0 Å². The predicted molar refractivity (Wildman–Crippen MR) is 63.2 cm³/mol. The van der Waals surface area contributed by atoms with E-state index in [1.165, 1.54) is 0 Å². The number of hydrogen-bond acceptors (Lipinski definition) is 3. The molecule has 84 valence electrons. The first-order valence-electron chi connectivity index (χ1n) is 4.97. The van der Waals surface area contributed by atoms with Crippen molar-refractivity contribution in [3.05, 3.63) is 24.3 Å². The summed E-state index contributed by atoms with van der Waals surface area (Å²) in [6.45, 7) is 0.724. The lowest BCUT2D eigenvalue weighted by Gasteiger charge is -2.04. The molecule has 15 heavy (non-hydrogen) atoms. The summed E-state index contributed by atoms with van der Waals surface area (Å²) in [6, 6.07) is 7.31. The summed E-state index contributed by atoms with van der Waals surface area (Å²) >= 11 is 0. The van der Waals surface area contributed by atoms with Crippen molar-refractivity contribution in [2.45, 2.75) is 17.7 Å². The third-order valence-corrected chi connectivity index (χ3v) is 3.61. The number of benzene rings is 1. The second-order valence-electron chi connectivity index (χ2n) is 3.29. The third kappa shape index (κ3) is 4.01. The van der Waals surface area contributed by atoms with Gasteiger partial charge in [0.1, 0.15) is 0 Å². The largest absolute Gasteiger partial charge is 0.398 e. The van der Waals surface area contributed by atoms with Gasteiger partial charge in [0.05, 0.1) is 15.7 Å². The lowest BCUT2D eigenvalue weighted by atomic mass is 10.3. The van der Waals surface area contributed by atoms with E-state index in [4.69, 9.17) is 10.5 Å². The van der Waals surface area contributed by atoms with Gasteiger partial charge in [0.2, 0.25) is 0 Å². The molecule has 0 aliphatic carbocycles. The summed E-state index contributed by atoms with van der Waals surface area (Å²) in [7, 11) is 0.694. The Morgan fingerprint density at radius 2 is 2.07 bits per heavy atom. The van der Waals surface area contributed by atoms with Crippen LogP contribution in [0.4, 0.5) is 5.69 Å². The fraction of sp³-hybridized carbons (Fsp3) is 0.455. The van der Waals surface area contributed by atoms with E-state index in [1.54, 1.807) is 13.2 Å². The van der Waals surface area contributed by atoms with Gasteiger partial charge in [-0.2, -0.15) is 0 Å². The Balaban J connectivity index is 2.44. The van der Waals surface area contributed by atoms with Crippen molar-refractivity contribution >= 4 is 16.5 Å². The number of methoxy groups -OCH3 is 1. The van der Waals surface area contributed by atoms with Crippen LogP contribution in [0.3, 0.4) is 0 Å². The van der Waals surface area contributed by atoms with Crippen molar-refractivity contribution in [3.63, 3.8) is 0 Å². The van der Waals surface area contributed by atoms with Crippen molar-refractivity contribution in [1.82, 2.24) is 0 Å². The number of nitrogen functional groups attached to an aromatic ring is 1. The molecule has 1 aromatic carbocycles. The number of hydrogen-bond donors (Lipinski definition) is 1. The zero-order chi connectivity index (χ0) is 11.1. The molecule has 0 bridgehead atoms. The average Bonchev–Trinajstić information content (AvgIpc) is 2.25. The van der Waals surface area contributed by atoms with Crippen LogP contribution >= 0.6 is 0 Å². The van der Waals surface area contributed by atoms with E-state index < -0.39 is 10.8 Å². The molecule has 0 aliphatic rings. The van der Waals surface area contributed by atoms with E-state index in [2.05, 4.69) is 0 Å². The van der Waals surface area contributed by atoms with Gasteiger partial charge in [-0.15, -0.1) is 0 Å². The van der Waals surface area contributed by atoms with Crippen molar-refractivity contribution in [2.24, 2.45) is 0 Å². The van der Waals surface area contributed by atoms with Gasteiger partial charge >= 0.3 is 0 Å². The van der Waals surface area contributed by atoms with Gasteiger partial charge in [0.25, 0.3) is 0 Å². The maximum absolute atomic E-state index is 11.8. The summed E-state index contributed by atoms with van der Waals surface area (Å²) in [6.07, 6.45) is 1.84. The van der Waals surface area contributed by atoms with Crippen LogP contribution in [0.2, 0.25) is 0 Å². The topological polar surface area (TPSA) is 52.3 Å². The Hall–Kier alpha value is -0.870. The number of rotatable bonds is 6. The molecule has 1 rings (SSSR count). The highest BCUT2D eigenvalue weighted by atomic mass is 32.2. The summed E-state index contributed by atoms with van der Waals surface area (Å²) in [4.78, 5) is 0.745. The second kappa shape index (κ2) is 6.58. The molecule has 0 fully saturated rings. The fourth-order valence-corrected chi connectivity index (χ4v) is 2.52. The first-order chi connectivity index (χ1) is 7.25. The van der Waals surface area contributed by atoms with Crippen LogP contribution in [0.5, 0.6) is 0 Å². The lowest BCUT2D eigenvalue weighted by molar-refractivity contribution is 0.194. The molecule has 3 nitrogen and oxygen atoms in total. The van der Waals surface area contributed by atoms with Crippen molar-refractivity contribution in [2.75, 3.05) is 25.2 Å². The Morgan fingerprint density at radius 1 is 1.33 bits per heavy atom. The number of para-hydroxylation sites is 1. The number of anilines is 1. The predicted octanol–water partition coefficient (Wildman–Crippen LogP) is 1.80. The van der Waals surface area contributed by atoms with Crippen LogP contribution in [0.15, 0.2) is 29.2 Å². The van der Waals surface area contributed by atoms with Crippen LogP contribution in [-0.2, 0) is 15.5 Å². The van der Waals surface area contributed by atoms with Gasteiger partial charge < -0.3 is 10.5 Å². The second-order valence-corrected chi connectivity index (χ2v) is 4.83. The fourth-order valence-electron chi connectivity index (χ4n) is 1.28. The van der Waals surface area contributed by atoms with Gasteiger partial charge in [-0.1, -0.05) is 12.1 Å². The minimum Gasteiger partial charge on any atom is -0.398 e. The molecule has 0 aromatic heterocycles. The molecule has 2 N–H and O–H groups in total. The molecule has 0 aliphatic heterocycles. The summed E-state index contributed by atoms with van der Waals surface area (Å²) in [5.41, 5.74) is 6.35. The third-order valence-electron chi connectivity index (χ3n) is 2.09. The van der Waals surface area contributed by atoms with E-state index in [0.29, 0.717) is 11.4 Å². The molecule has 0 heterocycles. The Labute approximate surface area is 93.1 Å². The zero-order valence-electron chi connectivity index (χ0n) is 8.94. The van der Waals surface area contributed by atoms with E-state index in [1.807, 2.05) is 18.2 Å². The standard InChI is InChI=1S/C11H17NO2S/c1-14-8-4-5-9-15(13)11-7-3-2-6-10(11)12/h2-3,6-7H,4-5,8-9,12H2,1H3. The quantitative estimate of drug-likeness (QED) is 0.595. The van der Waals surface area contributed by atoms with Crippen molar-refractivity contribution in [3.8, 4) is 0 Å². The first kappa shape index (κ1) is 12.2. The van der Waals surface area contributed by atoms with Crippen LogP contribution in [-0.4, -0.2) is 23.7 Å². The highest BCUT2D eigenvalue weighted by Crippen LogP contribution is 2.16. The molecule has 0 spiro atoms. The van der Waals surface area contributed by atoms with Gasteiger partial charge in [0.15, 0.2) is 0 Å². The summed E-state index contributed by atoms with van der Waals surface area (Å²) in [5.74, 6) is 0.650. The highest BCUT2D eigenvalue weighted by molar-refractivity contribution is 7.85. The molecular formula is C11H17NO2S. The van der Waals surface area contributed by atoms with Crippen molar-refractivity contribution in [1.29, 1.82) is 0 Å². The van der Waals surface area contributed by atoms with E-state index >= 15 is 0 Å². The summed E-state index contributed by atoms with van der Waals surface area (Å²) in [5, 5.41) is 0. The molecule has 0 saturated carbocycles. The molecule has 1 unspecified atom stereocenters. The maximum Gasteiger partial charge on any atom is 0.0617 e. The number of ether oxygens (including phenoxy) is 1. The molecule has 0 amide bonds. The van der Waals surface area contributed by atoms with Gasteiger partial charge in [0, 0.05) is 25.2 Å². The minimum atomic E-state index is -0.979. The van der Waals surface area contributed by atoms with Crippen molar-refractivity contribution < 1.29 is 8.95 Å². The Kier molecular flexibility index (Phi) is 5.36. The van der Waals surface area contributed by atoms with Gasteiger partial charge in [-0.25, -0.2) is 0 Å².